The molecule has 0 unspecified atom stereocenters. The number of hydrogen-bond donors (Lipinski definition) is 1. The molecule has 0 spiro atoms. The second kappa shape index (κ2) is 9.88. The van der Waals surface area contributed by atoms with Crippen LogP contribution in [0.4, 0.5) is 11.5 Å². The number of nitrogens with one attached hydrogen (secondary N) is 1. The Morgan fingerprint density at radius 3 is 2.58 bits per heavy atom. The fourth-order valence-corrected chi connectivity index (χ4v) is 4.60. The molecule has 0 radical (unpaired) electrons. The second-order valence-corrected chi connectivity index (χ2v) is 8.64. The molecule has 0 bridgehead atoms. The molecule has 1 aromatic heterocycles. The van der Waals surface area contributed by atoms with Crippen LogP contribution < -0.4 is 10.1 Å². The molecule has 31 heavy (non-hydrogen) atoms. The summed E-state index contributed by atoms with van der Waals surface area (Å²) in [6, 6.07) is 16.8. The molecule has 0 fully saturated rings. The van der Waals surface area contributed by atoms with Gasteiger partial charge in [-0.25, -0.2) is 0 Å². The van der Waals surface area contributed by atoms with E-state index in [1.807, 2.05) is 48.5 Å². The molecule has 4 nitrogen and oxygen atoms in total. The molecular weight excluding hydrogens is 475 g/mol. The van der Waals surface area contributed by atoms with Crippen LogP contribution in [0.2, 0.25) is 10.0 Å². The quantitative estimate of drug-likeness (QED) is 0.155. The van der Waals surface area contributed by atoms with Crippen molar-refractivity contribution in [2.75, 3.05) is 17.8 Å². The number of halogens is 3. The molecule has 158 valence electrons. The van der Waals surface area contributed by atoms with Crippen LogP contribution in [-0.2, 0) is 0 Å². The molecule has 1 N–H and O–H groups in total. The van der Waals surface area contributed by atoms with Gasteiger partial charge in [-0.05, 0) is 42.2 Å². The number of carbonyl (C=O) groups is 1. The minimum absolute atomic E-state index is 0.491. The van der Waals surface area contributed by atoms with Crippen molar-refractivity contribution in [3.63, 3.8) is 0 Å². The number of alkyl halides is 1. The van der Waals surface area contributed by atoms with E-state index in [1.54, 1.807) is 6.07 Å². The van der Waals surface area contributed by atoms with Gasteiger partial charge in [0.1, 0.15) is 12.0 Å². The number of hydrogen-bond acceptors (Lipinski definition) is 5. The highest BCUT2D eigenvalue weighted by atomic mass is 35.5. The predicted molar refractivity (Wildman–Crippen MR) is 131 cm³/mol. The highest BCUT2D eigenvalue weighted by molar-refractivity contribution is 7.13. The number of fused-ring (bicyclic) bond motifs is 1. The maximum absolute atomic E-state index is 11.0. The molecule has 1 heterocycles. The molecule has 0 saturated carbocycles. The molecule has 3 aromatic carbocycles. The maximum Gasteiger partial charge on any atom is 0.152 e. The van der Waals surface area contributed by atoms with Crippen LogP contribution in [0, 0.1) is 0 Å². The fourth-order valence-electron chi connectivity index (χ4n) is 3.15. The number of rotatable bonds is 8. The average molecular weight is 492 g/mol. The Balaban J connectivity index is 1.67. The lowest BCUT2D eigenvalue weighted by Crippen LogP contribution is -1.99. The maximum atomic E-state index is 11.0. The lowest BCUT2D eigenvalue weighted by atomic mass is 10.0. The van der Waals surface area contributed by atoms with E-state index in [1.165, 1.54) is 11.5 Å². The van der Waals surface area contributed by atoms with E-state index in [4.69, 9.17) is 39.5 Å². The van der Waals surface area contributed by atoms with Crippen LogP contribution in [0.25, 0.3) is 21.2 Å². The zero-order valence-electron chi connectivity index (χ0n) is 16.2. The SMILES string of the molecule is O=Cc1ccc2c(Nc3cccc(-c4cccc(OCCCCl)c4Cl)c3Cl)nsc2c1. The van der Waals surface area contributed by atoms with Crippen molar-refractivity contribution < 1.29 is 9.53 Å². The molecule has 0 atom stereocenters. The first-order valence-corrected chi connectivity index (χ1v) is 11.6. The third kappa shape index (κ3) is 4.65. The Labute approximate surface area is 198 Å². The summed E-state index contributed by atoms with van der Waals surface area (Å²) in [4.78, 5) is 11.0. The first-order valence-electron chi connectivity index (χ1n) is 9.50. The monoisotopic (exact) mass is 490 g/mol. The number of benzene rings is 3. The van der Waals surface area contributed by atoms with Gasteiger partial charge in [0, 0.05) is 28.0 Å². The van der Waals surface area contributed by atoms with Crippen molar-refractivity contribution in [1.29, 1.82) is 0 Å². The predicted octanol–water partition coefficient (Wildman–Crippen LogP) is 7.83. The Morgan fingerprint density at radius 2 is 1.81 bits per heavy atom. The number of ether oxygens (including phenoxy) is 1. The Morgan fingerprint density at radius 1 is 1.03 bits per heavy atom. The van der Waals surface area contributed by atoms with Crippen LogP contribution in [-0.4, -0.2) is 23.1 Å². The summed E-state index contributed by atoms with van der Waals surface area (Å²) in [5, 5.41) is 5.25. The van der Waals surface area contributed by atoms with E-state index in [9.17, 15) is 4.79 Å². The lowest BCUT2D eigenvalue weighted by Gasteiger charge is -2.14. The van der Waals surface area contributed by atoms with Crippen LogP contribution in [0.5, 0.6) is 5.75 Å². The molecular formula is C23H17Cl3N2O2S. The zero-order chi connectivity index (χ0) is 21.8. The summed E-state index contributed by atoms with van der Waals surface area (Å²) in [5.74, 6) is 1.80. The van der Waals surface area contributed by atoms with Gasteiger partial charge in [-0.15, -0.1) is 11.6 Å². The number of anilines is 2. The molecule has 4 aromatic rings. The standard InChI is InChI=1S/C23H17Cl3N2O2S/c24-10-3-11-30-19-7-2-5-16(22(19)26)15-4-1-6-18(21(15)25)27-23-17-9-8-14(13-29)12-20(17)31-28-23/h1-2,4-9,12-13H,3,10-11H2,(H,27,28). The van der Waals surface area contributed by atoms with E-state index in [0.29, 0.717) is 45.4 Å². The van der Waals surface area contributed by atoms with Gasteiger partial charge in [-0.1, -0.05) is 53.5 Å². The van der Waals surface area contributed by atoms with Crippen molar-refractivity contribution >= 4 is 74.2 Å². The van der Waals surface area contributed by atoms with Crippen molar-refractivity contribution in [1.82, 2.24) is 4.37 Å². The third-order valence-electron chi connectivity index (χ3n) is 4.67. The number of aldehydes is 1. The van der Waals surface area contributed by atoms with Crippen LogP contribution in [0.3, 0.4) is 0 Å². The summed E-state index contributed by atoms with van der Waals surface area (Å²) >= 11 is 20.4. The number of aromatic nitrogens is 1. The molecule has 0 amide bonds. The van der Waals surface area contributed by atoms with E-state index < -0.39 is 0 Å². The van der Waals surface area contributed by atoms with Gasteiger partial charge in [0.2, 0.25) is 0 Å². The van der Waals surface area contributed by atoms with E-state index in [2.05, 4.69) is 9.69 Å². The topological polar surface area (TPSA) is 51.2 Å². The van der Waals surface area contributed by atoms with Crippen molar-refractivity contribution in [2.45, 2.75) is 6.42 Å². The van der Waals surface area contributed by atoms with Gasteiger partial charge < -0.3 is 10.1 Å². The highest BCUT2D eigenvalue weighted by Crippen LogP contribution is 2.42. The Hall–Kier alpha value is -2.31. The van der Waals surface area contributed by atoms with Gasteiger partial charge in [0.25, 0.3) is 0 Å². The zero-order valence-corrected chi connectivity index (χ0v) is 19.3. The van der Waals surface area contributed by atoms with Crippen LogP contribution in [0.15, 0.2) is 54.6 Å². The van der Waals surface area contributed by atoms with Gasteiger partial charge in [0.15, 0.2) is 5.82 Å². The van der Waals surface area contributed by atoms with Crippen LogP contribution in [0.1, 0.15) is 16.8 Å². The normalized spacial score (nSPS) is 10.9. The first kappa shape index (κ1) is 21.9. The van der Waals surface area contributed by atoms with Crippen molar-refractivity contribution in [2.24, 2.45) is 0 Å². The number of nitrogens with zero attached hydrogens (tertiary/aromatic N) is 1. The first-order chi connectivity index (χ1) is 15.1. The summed E-state index contributed by atoms with van der Waals surface area (Å²) < 4.78 is 11.2. The third-order valence-corrected chi connectivity index (χ3v) is 6.55. The largest absolute Gasteiger partial charge is 0.492 e. The lowest BCUT2D eigenvalue weighted by molar-refractivity contribution is 0.112. The smallest absolute Gasteiger partial charge is 0.152 e. The molecule has 8 heteroatoms. The molecule has 0 saturated heterocycles. The minimum Gasteiger partial charge on any atom is -0.492 e. The Bertz CT molecular complexity index is 1240. The Kier molecular flexibility index (Phi) is 6.98. The highest BCUT2D eigenvalue weighted by Gasteiger charge is 2.16. The summed E-state index contributed by atoms with van der Waals surface area (Å²) in [6.07, 6.45) is 1.56. The molecule has 4 rings (SSSR count). The van der Waals surface area contributed by atoms with Crippen molar-refractivity contribution in [3.05, 3.63) is 70.2 Å². The molecule has 0 aliphatic rings. The van der Waals surface area contributed by atoms with E-state index in [0.717, 1.165) is 33.9 Å². The summed E-state index contributed by atoms with van der Waals surface area (Å²) in [7, 11) is 0. The molecule has 0 aliphatic carbocycles. The summed E-state index contributed by atoms with van der Waals surface area (Å²) in [5.41, 5.74) is 2.88. The second-order valence-electron chi connectivity index (χ2n) is 6.71. The van der Waals surface area contributed by atoms with E-state index in [-0.39, 0.29) is 0 Å². The minimum atomic E-state index is 0.491. The average Bonchev–Trinajstić information content (AvgIpc) is 3.18. The van der Waals surface area contributed by atoms with Gasteiger partial charge in [-0.3, -0.25) is 4.79 Å². The van der Waals surface area contributed by atoms with Gasteiger partial charge in [-0.2, -0.15) is 4.37 Å². The van der Waals surface area contributed by atoms with Crippen molar-refractivity contribution in [3.8, 4) is 16.9 Å². The van der Waals surface area contributed by atoms with Gasteiger partial charge in [0.05, 0.1) is 27.0 Å². The van der Waals surface area contributed by atoms with Crippen LogP contribution >= 0.6 is 46.3 Å². The molecule has 0 aliphatic heterocycles. The fraction of sp³-hybridized carbons (Fsp3) is 0.130. The summed E-state index contributed by atoms with van der Waals surface area (Å²) in [6.45, 7) is 0.491. The van der Waals surface area contributed by atoms with Gasteiger partial charge >= 0.3 is 0 Å². The number of carbonyl (C=O) groups excluding carboxylic acids is 1. The van der Waals surface area contributed by atoms with E-state index >= 15 is 0 Å².